The maximum absolute atomic E-state index is 3.81. The van der Waals surface area contributed by atoms with Gasteiger partial charge in [0.25, 0.3) is 0 Å². The molecule has 0 aromatic carbocycles. The molecule has 0 aliphatic heterocycles. The normalized spacial score (nSPS) is 27.2. The Morgan fingerprint density at radius 3 is 2.47 bits per heavy atom. The monoisotopic (exact) mass is 268 g/mol. The minimum atomic E-state index is 0.513. The van der Waals surface area contributed by atoms with Gasteiger partial charge in [0.2, 0.25) is 0 Å². The van der Waals surface area contributed by atoms with E-state index >= 15 is 0 Å². The molecule has 1 aliphatic rings. The van der Waals surface area contributed by atoms with Crippen molar-refractivity contribution >= 4 is 0 Å². The summed E-state index contributed by atoms with van der Waals surface area (Å²) in [5.41, 5.74) is 0.513. The van der Waals surface area contributed by atoms with E-state index in [0.29, 0.717) is 11.5 Å². The molecule has 19 heavy (non-hydrogen) atoms. The summed E-state index contributed by atoms with van der Waals surface area (Å²) in [5, 5.41) is 3.81. The molecule has 2 atom stereocenters. The maximum Gasteiger partial charge on any atom is 0.0254 e. The van der Waals surface area contributed by atoms with Crippen molar-refractivity contribution < 1.29 is 0 Å². The van der Waals surface area contributed by atoms with Crippen molar-refractivity contribution in [2.24, 2.45) is 11.3 Å². The van der Waals surface area contributed by atoms with Crippen LogP contribution in [0.3, 0.4) is 0 Å². The Morgan fingerprint density at radius 2 is 1.95 bits per heavy atom. The second-order valence-electron chi connectivity index (χ2n) is 7.52. The van der Waals surface area contributed by atoms with E-state index in [0.717, 1.165) is 12.0 Å². The number of nitrogens with zero attached hydrogens (tertiary/aromatic N) is 1. The SMILES string of the molecule is CCCNC1CCC(C)(C)CC1N(CC)CC(C)C. The van der Waals surface area contributed by atoms with Gasteiger partial charge in [-0.3, -0.25) is 4.90 Å². The van der Waals surface area contributed by atoms with Crippen LogP contribution in [-0.2, 0) is 0 Å². The van der Waals surface area contributed by atoms with E-state index < -0.39 is 0 Å². The third-order valence-corrected chi connectivity index (χ3v) is 4.49. The predicted molar refractivity (Wildman–Crippen MR) is 85.6 cm³/mol. The fourth-order valence-electron chi connectivity index (χ4n) is 3.47. The van der Waals surface area contributed by atoms with Gasteiger partial charge in [0, 0.05) is 18.6 Å². The molecule has 1 saturated carbocycles. The highest BCUT2D eigenvalue weighted by molar-refractivity contribution is 4.94. The molecule has 0 bridgehead atoms. The Hall–Kier alpha value is -0.0800. The second kappa shape index (κ2) is 7.64. The van der Waals surface area contributed by atoms with Crippen LogP contribution >= 0.6 is 0 Å². The molecule has 0 heterocycles. The van der Waals surface area contributed by atoms with Gasteiger partial charge in [0.15, 0.2) is 0 Å². The highest BCUT2D eigenvalue weighted by atomic mass is 15.2. The molecule has 1 N–H and O–H groups in total. The quantitative estimate of drug-likeness (QED) is 0.753. The zero-order valence-electron chi connectivity index (χ0n) is 14.1. The van der Waals surface area contributed by atoms with E-state index in [2.05, 4.69) is 51.8 Å². The summed E-state index contributed by atoms with van der Waals surface area (Å²) in [6, 6.07) is 1.43. The summed E-state index contributed by atoms with van der Waals surface area (Å²) in [6.07, 6.45) is 5.29. The van der Waals surface area contributed by atoms with Gasteiger partial charge >= 0.3 is 0 Å². The number of hydrogen-bond donors (Lipinski definition) is 1. The highest BCUT2D eigenvalue weighted by Gasteiger charge is 2.37. The predicted octanol–water partition coefficient (Wildman–Crippen LogP) is 3.91. The Kier molecular flexibility index (Phi) is 6.82. The Labute approximate surface area is 121 Å². The first-order chi connectivity index (χ1) is 8.89. The average molecular weight is 268 g/mol. The van der Waals surface area contributed by atoms with E-state index in [1.54, 1.807) is 0 Å². The fourth-order valence-corrected chi connectivity index (χ4v) is 3.47. The third kappa shape index (κ3) is 5.43. The van der Waals surface area contributed by atoms with E-state index in [-0.39, 0.29) is 0 Å². The standard InChI is InChI=1S/C17H36N2/c1-7-11-18-15-9-10-17(5,6)12-16(15)19(8-2)13-14(3)4/h14-16,18H,7-13H2,1-6H3. The van der Waals surface area contributed by atoms with Crippen molar-refractivity contribution in [2.75, 3.05) is 19.6 Å². The van der Waals surface area contributed by atoms with E-state index in [9.17, 15) is 0 Å². The molecule has 1 fully saturated rings. The van der Waals surface area contributed by atoms with Gasteiger partial charge in [0.05, 0.1) is 0 Å². The van der Waals surface area contributed by atoms with Crippen LogP contribution in [0.25, 0.3) is 0 Å². The number of hydrogen-bond acceptors (Lipinski definition) is 2. The molecule has 2 unspecified atom stereocenters. The van der Waals surface area contributed by atoms with Gasteiger partial charge in [-0.15, -0.1) is 0 Å². The summed E-state index contributed by atoms with van der Waals surface area (Å²) in [5.74, 6) is 0.761. The maximum atomic E-state index is 3.81. The largest absolute Gasteiger partial charge is 0.312 e. The van der Waals surface area contributed by atoms with Crippen LogP contribution in [0.4, 0.5) is 0 Å². The summed E-state index contributed by atoms with van der Waals surface area (Å²) in [7, 11) is 0. The van der Waals surface area contributed by atoms with Crippen LogP contribution in [0, 0.1) is 11.3 Å². The Bertz CT molecular complexity index is 248. The molecule has 0 aromatic rings. The lowest BCUT2D eigenvalue weighted by molar-refractivity contribution is 0.0607. The van der Waals surface area contributed by atoms with Gasteiger partial charge in [-0.2, -0.15) is 0 Å². The summed E-state index contributed by atoms with van der Waals surface area (Å²) in [4.78, 5) is 2.72. The first-order valence-electron chi connectivity index (χ1n) is 8.37. The third-order valence-electron chi connectivity index (χ3n) is 4.49. The zero-order valence-corrected chi connectivity index (χ0v) is 14.1. The van der Waals surface area contributed by atoms with E-state index in [1.807, 2.05) is 0 Å². The van der Waals surface area contributed by atoms with E-state index in [1.165, 1.54) is 45.3 Å². The van der Waals surface area contributed by atoms with Crippen molar-refractivity contribution in [1.29, 1.82) is 0 Å². The molecule has 1 rings (SSSR count). The number of nitrogens with one attached hydrogen (secondary N) is 1. The summed E-state index contributed by atoms with van der Waals surface area (Å²) >= 11 is 0. The molecule has 0 amide bonds. The topological polar surface area (TPSA) is 15.3 Å². The zero-order chi connectivity index (χ0) is 14.5. The molecule has 2 heteroatoms. The van der Waals surface area contributed by atoms with Crippen LogP contribution < -0.4 is 5.32 Å². The van der Waals surface area contributed by atoms with Crippen molar-refractivity contribution in [2.45, 2.75) is 79.3 Å². The van der Waals surface area contributed by atoms with Gasteiger partial charge < -0.3 is 5.32 Å². The second-order valence-corrected chi connectivity index (χ2v) is 7.52. The Balaban J connectivity index is 2.73. The molecular weight excluding hydrogens is 232 g/mol. The number of rotatable bonds is 7. The van der Waals surface area contributed by atoms with Gasteiger partial charge in [-0.25, -0.2) is 0 Å². The summed E-state index contributed by atoms with van der Waals surface area (Å²) in [6.45, 7) is 17.7. The highest BCUT2D eigenvalue weighted by Crippen LogP contribution is 2.37. The van der Waals surface area contributed by atoms with Crippen LogP contribution in [0.2, 0.25) is 0 Å². The fraction of sp³-hybridized carbons (Fsp3) is 1.00. The lowest BCUT2D eigenvalue weighted by atomic mass is 9.72. The molecule has 0 radical (unpaired) electrons. The molecule has 0 aromatic heterocycles. The van der Waals surface area contributed by atoms with Crippen molar-refractivity contribution in [3.8, 4) is 0 Å². The molecule has 2 nitrogen and oxygen atoms in total. The van der Waals surface area contributed by atoms with Crippen molar-refractivity contribution in [1.82, 2.24) is 10.2 Å². The lowest BCUT2D eigenvalue weighted by Crippen LogP contribution is -2.55. The first-order valence-corrected chi connectivity index (χ1v) is 8.37. The lowest BCUT2D eigenvalue weighted by Gasteiger charge is -2.46. The van der Waals surface area contributed by atoms with Gasteiger partial charge in [-0.05, 0) is 50.1 Å². The van der Waals surface area contributed by atoms with Crippen LogP contribution in [0.1, 0.15) is 67.2 Å². The molecule has 1 aliphatic carbocycles. The van der Waals surface area contributed by atoms with Crippen molar-refractivity contribution in [3.05, 3.63) is 0 Å². The summed E-state index contributed by atoms with van der Waals surface area (Å²) < 4.78 is 0. The van der Waals surface area contributed by atoms with Crippen LogP contribution in [0.5, 0.6) is 0 Å². The first kappa shape index (κ1) is 17.0. The minimum absolute atomic E-state index is 0.513. The Morgan fingerprint density at radius 1 is 1.26 bits per heavy atom. The minimum Gasteiger partial charge on any atom is -0.312 e. The molecule has 0 spiro atoms. The molecular formula is C17H36N2. The average Bonchev–Trinajstić information content (AvgIpc) is 2.33. The van der Waals surface area contributed by atoms with Crippen LogP contribution in [0.15, 0.2) is 0 Å². The van der Waals surface area contributed by atoms with Crippen LogP contribution in [-0.4, -0.2) is 36.6 Å². The van der Waals surface area contributed by atoms with Gasteiger partial charge in [-0.1, -0.05) is 41.5 Å². The van der Waals surface area contributed by atoms with E-state index in [4.69, 9.17) is 0 Å². The molecule has 0 saturated heterocycles. The van der Waals surface area contributed by atoms with Gasteiger partial charge in [0.1, 0.15) is 0 Å². The smallest absolute Gasteiger partial charge is 0.0254 e. The van der Waals surface area contributed by atoms with Crippen molar-refractivity contribution in [3.63, 3.8) is 0 Å². The molecule has 114 valence electrons. The number of likely N-dealkylation sites (N-methyl/N-ethyl adjacent to an activating group) is 1.